The molecule has 1 aromatic heterocycles. The minimum Gasteiger partial charge on any atom is -0.508 e. The van der Waals surface area contributed by atoms with E-state index in [1.54, 1.807) is 19.9 Å². The summed E-state index contributed by atoms with van der Waals surface area (Å²) >= 11 is 0. The van der Waals surface area contributed by atoms with E-state index in [0.29, 0.717) is 16.8 Å². The third-order valence-electron chi connectivity index (χ3n) is 3.00. The summed E-state index contributed by atoms with van der Waals surface area (Å²) in [6.45, 7) is 3.39. The Bertz CT molecular complexity index is 829. The van der Waals surface area contributed by atoms with Gasteiger partial charge >= 0.3 is 0 Å². The minimum absolute atomic E-state index is 0.0349. The van der Waals surface area contributed by atoms with Gasteiger partial charge in [0.25, 0.3) is 5.56 Å². The van der Waals surface area contributed by atoms with Crippen molar-refractivity contribution in [2.45, 2.75) is 13.8 Å². The van der Waals surface area contributed by atoms with E-state index in [1.807, 2.05) is 6.07 Å². The molecule has 0 aliphatic rings. The van der Waals surface area contributed by atoms with Crippen LogP contribution in [0.3, 0.4) is 0 Å². The van der Waals surface area contributed by atoms with Crippen molar-refractivity contribution < 1.29 is 10.2 Å². The van der Waals surface area contributed by atoms with Crippen molar-refractivity contribution in [3.63, 3.8) is 0 Å². The molecule has 0 atom stereocenters. The number of phenols is 2. The summed E-state index contributed by atoms with van der Waals surface area (Å²) in [6.07, 6.45) is 1.29. The molecule has 2 aromatic rings. The van der Waals surface area contributed by atoms with E-state index in [4.69, 9.17) is 5.26 Å². The smallest absolute Gasteiger partial charge is 0.289 e. The second-order valence-corrected chi connectivity index (χ2v) is 4.56. The fourth-order valence-corrected chi connectivity index (χ4v) is 1.92. The number of pyridine rings is 1. The summed E-state index contributed by atoms with van der Waals surface area (Å²) in [4.78, 5) is 12.1. The third-order valence-corrected chi connectivity index (χ3v) is 3.00. The van der Waals surface area contributed by atoms with Crippen LogP contribution in [0.15, 0.2) is 34.2 Å². The van der Waals surface area contributed by atoms with Gasteiger partial charge in [0.15, 0.2) is 0 Å². The number of hydrogen-bond donors (Lipinski definition) is 2. The van der Waals surface area contributed by atoms with E-state index < -0.39 is 5.56 Å². The van der Waals surface area contributed by atoms with Gasteiger partial charge < -0.3 is 10.2 Å². The quantitative estimate of drug-likeness (QED) is 0.818. The molecule has 0 aliphatic heterocycles. The zero-order chi connectivity index (χ0) is 15.6. The number of aromatic nitrogens is 1. The van der Waals surface area contributed by atoms with Crippen molar-refractivity contribution in [3.8, 4) is 17.6 Å². The van der Waals surface area contributed by atoms with Gasteiger partial charge in [-0.1, -0.05) is 0 Å². The number of benzene rings is 1. The molecule has 6 heteroatoms. The Morgan fingerprint density at radius 1 is 1.29 bits per heavy atom. The summed E-state index contributed by atoms with van der Waals surface area (Å²) in [6, 6.07) is 7.58. The molecule has 0 bridgehead atoms. The van der Waals surface area contributed by atoms with Crippen molar-refractivity contribution in [1.82, 2.24) is 4.68 Å². The first kappa shape index (κ1) is 14.3. The maximum absolute atomic E-state index is 12.1. The highest BCUT2D eigenvalue weighted by Gasteiger charge is 2.09. The molecule has 0 unspecified atom stereocenters. The van der Waals surface area contributed by atoms with Crippen LogP contribution in [0.4, 0.5) is 0 Å². The van der Waals surface area contributed by atoms with E-state index in [0.717, 1.165) is 4.68 Å². The molecule has 0 spiro atoms. The largest absolute Gasteiger partial charge is 0.508 e. The molecule has 0 amide bonds. The van der Waals surface area contributed by atoms with E-state index in [9.17, 15) is 15.0 Å². The van der Waals surface area contributed by atoms with Crippen LogP contribution in [0.25, 0.3) is 0 Å². The lowest BCUT2D eigenvalue weighted by Crippen LogP contribution is -2.22. The number of hydrogen-bond acceptors (Lipinski definition) is 5. The highest BCUT2D eigenvalue weighted by Crippen LogP contribution is 2.20. The van der Waals surface area contributed by atoms with Gasteiger partial charge in [-0.25, -0.2) is 4.68 Å². The Hall–Kier alpha value is -3.07. The number of nitrogens with zero attached hydrogens (tertiary/aromatic N) is 3. The zero-order valence-corrected chi connectivity index (χ0v) is 11.5. The van der Waals surface area contributed by atoms with Crippen LogP contribution in [-0.2, 0) is 0 Å². The van der Waals surface area contributed by atoms with Crippen molar-refractivity contribution in [1.29, 1.82) is 5.26 Å². The summed E-state index contributed by atoms with van der Waals surface area (Å²) in [5, 5.41) is 31.9. The summed E-state index contributed by atoms with van der Waals surface area (Å²) in [5.74, 6) is -0.225. The molecule has 0 saturated heterocycles. The van der Waals surface area contributed by atoms with Gasteiger partial charge in [0.2, 0.25) is 0 Å². The van der Waals surface area contributed by atoms with E-state index in [2.05, 4.69) is 5.10 Å². The highest BCUT2D eigenvalue weighted by atomic mass is 16.3. The highest BCUT2D eigenvalue weighted by molar-refractivity contribution is 5.83. The molecule has 0 fully saturated rings. The van der Waals surface area contributed by atoms with Gasteiger partial charge in [-0.15, -0.1) is 0 Å². The maximum atomic E-state index is 12.1. The maximum Gasteiger partial charge on any atom is 0.289 e. The Morgan fingerprint density at radius 2 is 2.00 bits per heavy atom. The predicted octanol–water partition coefficient (Wildman–Crippen LogP) is 1.63. The monoisotopic (exact) mass is 283 g/mol. The molecule has 1 heterocycles. The number of rotatable bonds is 2. The van der Waals surface area contributed by atoms with Gasteiger partial charge in [0.05, 0.1) is 6.21 Å². The molecule has 2 N–H and O–H groups in total. The van der Waals surface area contributed by atoms with Crippen molar-refractivity contribution in [2.75, 3.05) is 0 Å². The van der Waals surface area contributed by atoms with Crippen LogP contribution in [0.2, 0.25) is 0 Å². The lowest BCUT2D eigenvalue weighted by atomic mass is 10.1. The van der Waals surface area contributed by atoms with Crippen molar-refractivity contribution >= 4 is 6.21 Å². The number of phenolic OH excluding ortho intramolecular Hbond substituents is 2. The van der Waals surface area contributed by atoms with Gasteiger partial charge in [-0.2, -0.15) is 10.4 Å². The molecule has 0 saturated carbocycles. The average molecular weight is 283 g/mol. The summed E-state index contributed by atoms with van der Waals surface area (Å²) < 4.78 is 1.10. The SMILES string of the molecule is Cc1cc(C)n(/N=C/c2ccc(O)cc2O)c(=O)c1C#N. The second kappa shape index (κ2) is 5.51. The second-order valence-electron chi connectivity index (χ2n) is 4.56. The van der Waals surface area contributed by atoms with Gasteiger partial charge in [-0.3, -0.25) is 4.79 Å². The van der Waals surface area contributed by atoms with Gasteiger partial charge in [-0.05, 0) is 37.6 Å². The number of aromatic hydroxyl groups is 2. The Balaban J connectivity index is 2.52. The fourth-order valence-electron chi connectivity index (χ4n) is 1.92. The van der Waals surface area contributed by atoms with Crippen molar-refractivity contribution in [3.05, 3.63) is 57.0 Å². The standard InChI is InChI=1S/C15H13N3O3/c1-9-5-10(2)18(15(21)13(9)7-16)17-8-11-3-4-12(19)6-14(11)20/h3-6,8,19-20H,1-2H3/b17-8+. The van der Waals surface area contributed by atoms with Gasteiger partial charge in [0, 0.05) is 17.3 Å². The summed E-state index contributed by atoms with van der Waals surface area (Å²) in [5.41, 5.74) is 1.04. The van der Waals surface area contributed by atoms with E-state index in [1.165, 1.54) is 24.4 Å². The Kier molecular flexibility index (Phi) is 3.76. The minimum atomic E-state index is -0.510. The van der Waals surface area contributed by atoms with Crippen LogP contribution < -0.4 is 5.56 Å². The lowest BCUT2D eigenvalue weighted by Gasteiger charge is -2.06. The van der Waals surface area contributed by atoms with Crippen LogP contribution in [0, 0.1) is 25.2 Å². The van der Waals surface area contributed by atoms with Crippen LogP contribution in [-0.4, -0.2) is 21.1 Å². The number of nitriles is 1. The molecule has 6 nitrogen and oxygen atoms in total. The lowest BCUT2D eigenvalue weighted by molar-refractivity contribution is 0.450. The topological polar surface area (TPSA) is 98.6 Å². The van der Waals surface area contributed by atoms with Gasteiger partial charge in [0.1, 0.15) is 23.1 Å². The molecular formula is C15H13N3O3. The Labute approximate surface area is 120 Å². The predicted molar refractivity (Wildman–Crippen MR) is 77.7 cm³/mol. The first-order chi connectivity index (χ1) is 9.93. The first-order valence-corrected chi connectivity index (χ1v) is 6.13. The molecule has 21 heavy (non-hydrogen) atoms. The normalized spacial score (nSPS) is 10.7. The van der Waals surface area contributed by atoms with E-state index >= 15 is 0 Å². The number of aryl methyl sites for hydroxylation is 2. The molecule has 2 rings (SSSR count). The van der Waals surface area contributed by atoms with Crippen LogP contribution in [0.5, 0.6) is 11.5 Å². The first-order valence-electron chi connectivity index (χ1n) is 6.13. The van der Waals surface area contributed by atoms with Crippen LogP contribution >= 0.6 is 0 Å². The zero-order valence-electron chi connectivity index (χ0n) is 11.5. The van der Waals surface area contributed by atoms with Crippen molar-refractivity contribution in [2.24, 2.45) is 5.10 Å². The molecule has 1 aromatic carbocycles. The molecule has 106 valence electrons. The Morgan fingerprint density at radius 3 is 2.62 bits per heavy atom. The van der Waals surface area contributed by atoms with E-state index in [-0.39, 0.29) is 17.1 Å². The molecular weight excluding hydrogens is 270 g/mol. The fraction of sp³-hybridized carbons (Fsp3) is 0.133. The average Bonchev–Trinajstić information content (AvgIpc) is 2.40. The third kappa shape index (κ3) is 2.77. The molecule has 0 radical (unpaired) electrons. The van der Waals surface area contributed by atoms with Crippen LogP contribution in [0.1, 0.15) is 22.4 Å². The summed E-state index contributed by atoms with van der Waals surface area (Å²) in [7, 11) is 0. The molecule has 0 aliphatic carbocycles.